The zero-order valence-corrected chi connectivity index (χ0v) is 22.0. The minimum atomic E-state index is -3.90. The molecule has 0 unspecified atom stereocenters. The number of sulfonamides is 1. The highest BCUT2D eigenvalue weighted by Gasteiger charge is 2.32. The van der Waals surface area contributed by atoms with E-state index in [4.69, 9.17) is 9.47 Å². The van der Waals surface area contributed by atoms with Crippen molar-refractivity contribution in [1.82, 2.24) is 10.2 Å². The minimum absolute atomic E-state index is 0.156. The van der Waals surface area contributed by atoms with Gasteiger partial charge in [-0.2, -0.15) is 0 Å². The number of anilines is 1. The number of rotatable bonds is 12. The van der Waals surface area contributed by atoms with Crippen molar-refractivity contribution in [3.8, 4) is 11.5 Å². The van der Waals surface area contributed by atoms with E-state index in [1.54, 1.807) is 19.1 Å². The summed E-state index contributed by atoms with van der Waals surface area (Å²) in [5.74, 6) is -0.127. The largest absolute Gasteiger partial charge is 0.497 e. The fourth-order valence-corrected chi connectivity index (χ4v) is 4.65. The van der Waals surface area contributed by atoms with Gasteiger partial charge in [-0.3, -0.25) is 13.9 Å². The molecule has 10 heteroatoms. The quantitative estimate of drug-likeness (QED) is 0.476. The van der Waals surface area contributed by atoms with Gasteiger partial charge in [0.15, 0.2) is 0 Å². The van der Waals surface area contributed by atoms with E-state index < -0.39 is 28.5 Å². The minimum Gasteiger partial charge on any atom is -0.497 e. The standard InChI is InChI=1S/C25H35N3O6S/c1-7-21(25(30)26-8-2)27(16-19-11-9-10-18(3)14-19)24(29)17-28(35(6,31)32)22-15-20(33-4)12-13-23(22)34-5/h9-15,21H,7-8,16-17H2,1-6H3,(H,26,30)/t21-/m0/s1. The van der Waals surface area contributed by atoms with E-state index in [0.717, 1.165) is 21.7 Å². The molecule has 2 amide bonds. The van der Waals surface area contributed by atoms with Crippen LogP contribution in [0.2, 0.25) is 0 Å². The SMILES string of the molecule is CCNC(=O)[C@H](CC)N(Cc1cccc(C)c1)C(=O)CN(c1cc(OC)ccc1OC)S(C)(=O)=O. The number of nitrogens with zero attached hydrogens (tertiary/aromatic N) is 2. The third-order valence-electron chi connectivity index (χ3n) is 5.51. The number of carbonyl (C=O) groups is 2. The highest BCUT2D eigenvalue weighted by atomic mass is 32.2. The first-order valence-electron chi connectivity index (χ1n) is 11.4. The molecule has 1 atom stereocenters. The lowest BCUT2D eigenvalue weighted by Crippen LogP contribution is -2.52. The highest BCUT2D eigenvalue weighted by molar-refractivity contribution is 7.92. The first kappa shape index (κ1) is 28.0. The molecule has 0 aromatic heterocycles. The Bertz CT molecular complexity index is 1140. The normalized spacial score (nSPS) is 11.9. The molecule has 192 valence electrons. The average Bonchev–Trinajstić information content (AvgIpc) is 2.81. The van der Waals surface area contributed by atoms with Crippen molar-refractivity contribution in [2.24, 2.45) is 0 Å². The number of hydrogen-bond donors (Lipinski definition) is 1. The first-order valence-corrected chi connectivity index (χ1v) is 13.2. The summed E-state index contributed by atoms with van der Waals surface area (Å²) in [4.78, 5) is 28.0. The van der Waals surface area contributed by atoms with Crippen LogP contribution in [0, 0.1) is 6.92 Å². The molecule has 0 saturated carbocycles. The molecule has 0 fully saturated rings. The molecule has 0 aliphatic rings. The molecule has 2 aromatic rings. The van der Waals surface area contributed by atoms with Crippen LogP contribution in [0.4, 0.5) is 5.69 Å². The van der Waals surface area contributed by atoms with E-state index >= 15 is 0 Å². The fourth-order valence-electron chi connectivity index (χ4n) is 3.81. The molecule has 35 heavy (non-hydrogen) atoms. The van der Waals surface area contributed by atoms with Gasteiger partial charge >= 0.3 is 0 Å². The smallest absolute Gasteiger partial charge is 0.244 e. The van der Waals surface area contributed by atoms with Gasteiger partial charge in [-0.25, -0.2) is 8.42 Å². The van der Waals surface area contributed by atoms with Gasteiger partial charge in [0, 0.05) is 19.2 Å². The summed E-state index contributed by atoms with van der Waals surface area (Å²) in [5, 5.41) is 2.78. The molecule has 0 saturated heterocycles. The summed E-state index contributed by atoms with van der Waals surface area (Å²) >= 11 is 0. The Labute approximate surface area is 208 Å². The lowest BCUT2D eigenvalue weighted by Gasteiger charge is -2.33. The predicted octanol–water partition coefficient (Wildman–Crippen LogP) is 2.72. The number of likely N-dealkylation sites (N-methyl/N-ethyl adjacent to an activating group) is 1. The Hall–Kier alpha value is -3.27. The Kier molecular flexibility index (Phi) is 9.94. The van der Waals surface area contributed by atoms with Crippen LogP contribution >= 0.6 is 0 Å². The van der Waals surface area contributed by atoms with Crippen LogP contribution in [0.15, 0.2) is 42.5 Å². The average molecular weight is 506 g/mol. The van der Waals surface area contributed by atoms with Gasteiger partial charge in [0.2, 0.25) is 21.8 Å². The summed E-state index contributed by atoms with van der Waals surface area (Å²) in [6, 6.07) is 11.6. The van der Waals surface area contributed by atoms with E-state index in [9.17, 15) is 18.0 Å². The monoisotopic (exact) mass is 505 g/mol. The van der Waals surface area contributed by atoms with Crippen molar-refractivity contribution in [3.63, 3.8) is 0 Å². The number of benzene rings is 2. The summed E-state index contributed by atoms with van der Waals surface area (Å²) in [6.45, 7) is 5.62. The maximum Gasteiger partial charge on any atom is 0.244 e. The molecular weight excluding hydrogens is 470 g/mol. The lowest BCUT2D eigenvalue weighted by molar-refractivity contribution is -0.140. The third-order valence-corrected chi connectivity index (χ3v) is 6.63. The topological polar surface area (TPSA) is 105 Å². The number of methoxy groups -OCH3 is 2. The van der Waals surface area contributed by atoms with Crippen LogP contribution in [-0.2, 0) is 26.2 Å². The Morgan fingerprint density at radius 2 is 1.77 bits per heavy atom. The van der Waals surface area contributed by atoms with Crippen LogP contribution in [0.3, 0.4) is 0 Å². The molecule has 0 spiro atoms. The van der Waals surface area contributed by atoms with Gasteiger partial charge in [-0.15, -0.1) is 0 Å². The first-order chi connectivity index (χ1) is 16.5. The van der Waals surface area contributed by atoms with Crippen molar-refractivity contribution < 1.29 is 27.5 Å². The molecular formula is C25H35N3O6S. The summed E-state index contributed by atoms with van der Waals surface area (Å²) in [7, 11) is -1.02. The van der Waals surface area contributed by atoms with Gasteiger partial charge in [-0.1, -0.05) is 36.8 Å². The zero-order valence-electron chi connectivity index (χ0n) is 21.2. The number of amides is 2. The second kappa shape index (κ2) is 12.4. The van der Waals surface area contributed by atoms with Crippen molar-refractivity contribution in [1.29, 1.82) is 0 Å². The zero-order chi connectivity index (χ0) is 26.2. The number of hydrogen-bond acceptors (Lipinski definition) is 6. The molecule has 0 heterocycles. The van der Waals surface area contributed by atoms with Gasteiger partial charge in [0.05, 0.1) is 26.2 Å². The second-order valence-electron chi connectivity index (χ2n) is 8.14. The molecule has 2 rings (SSSR count). The summed E-state index contributed by atoms with van der Waals surface area (Å²) < 4.78 is 37.2. The Morgan fingerprint density at radius 1 is 1.06 bits per heavy atom. The van der Waals surface area contributed by atoms with Gasteiger partial charge in [0.25, 0.3) is 0 Å². The summed E-state index contributed by atoms with van der Waals surface area (Å²) in [6.07, 6.45) is 1.38. The van der Waals surface area contributed by atoms with Crippen LogP contribution in [-0.4, -0.2) is 64.7 Å². The molecule has 0 radical (unpaired) electrons. The number of ether oxygens (including phenoxy) is 2. The van der Waals surface area contributed by atoms with Crippen molar-refractivity contribution in [2.75, 3.05) is 37.9 Å². The molecule has 0 bridgehead atoms. The van der Waals surface area contributed by atoms with Gasteiger partial charge in [-0.05, 0) is 38.0 Å². The highest BCUT2D eigenvalue weighted by Crippen LogP contribution is 2.34. The predicted molar refractivity (Wildman–Crippen MR) is 136 cm³/mol. The van der Waals surface area contributed by atoms with Crippen molar-refractivity contribution in [2.45, 2.75) is 39.8 Å². The van der Waals surface area contributed by atoms with E-state index in [-0.39, 0.29) is 23.9 Å². The molecule has 0 aliphatic carbocycles. The maximum absolute atomic E-state index is 13.7. The number of carbonyl (C=O) groups excluding carboxylic acids is 2. The third kappa shape index (κ3) is 7.35. The van der Waals surface area contributed by atoms with E-state index in [1.165, 1.54) is 25.2 Å². The van der Waals surface area contributed by atoms with E-state index in [2.05, 4.69) is 5.32 Å². The Morgan fingerprint density at radius 3 is 2.31 bits per heavy atom. The van der Waals surface area contributed by atoms with Crippen molar-refractivity contribution in [3.05, 3.63) is 53.6 Å². The van der Waals surface area contributed by atoms with Gasteiger partial charge in [0.1, 0.15) is 24.1 Å². The maximum atomic E-state index is 13.7. The lowest BCUT2D eigenvalue weighted by atomic mass is 10.1. The number of aryl methyl sites for hydroxylation is 1. The van der Waals surface area contributed by atoms with Crippen LogP contribution < -0.4 is 19.1 Å². The van der Waals surface area contributed by atoms with Crippen LogP contribution in [0.25, 0.3) is 0 Å². The summed E-state index contributed by atoms with van der Waals surface area (Å²) in [5.41, 5.74) is 2.02. The van der Waals surface area contributed by atoms with Gasteiger partial charge < -0.3 is 19.7 Å². The molecule has 9 nitrogen and oxygen atoms in total. The van der Waals surface area contributed by atoms with Crippen LogP contribution in [0.1, 0.15) is 31.4 Å². The Balaban J connectivity index is 2.52. The van der Waals surface area contributed by atoms with E-state index in [0.29, 0.717) is 18.7 Å². The number of nitrogens with one attached hydrogen (secondary N) is 1. The second-order valence-corrected chi connectivity index (χ2v) is 10.0. The molecule has 2 aromatic carbocycles. The molecule has 1 N–H and O–H groups in total. The van der Waals surface area contributed by atoms with Crippen LogP contribution in [0.5, 0.6) is 11.5 Å². The van der Waals surface area contributed by atoms with Crippen molar-refractivity contribution >= 4 is 27.5 Å². The fraction of sp³-hybridized carbons (Fsp3) is 0.440. The molecule has 0 aliphatic heterocycles. The van der Waals surface area contributed by atoms with E-state index in [1.807, 2.05) is 38.1 Å².